The summed E-state index contributed by atoms with van der Waals surface area (Å²) in [5.41, 5.74) is 1.80. The summed E-state index contributed by atoms with van der Waals surface area (Å²) in [6.07, 6.45) is 0. The van der Waals surface area contributed by atoms with E-state index in [4.69, 9.17) is 0 Å². The van der Waals surface area contributed by atoms with E-state index in [-0.39, 0.29) is 22.6 Å². The number of Topliss-reactive ketones (excluding diaryl/α,β-unsaturated/α-hetero) is 1. The van der Waals surface area contributed by atoms with Gasteiger partial charge in [-0.15, -0.1) is 0 Å². The van der Waals surface area contributed by atoms with Crippen molar-refractivity contribution in [3.63, 3.8) is 0 Å². The number of amides is 1. The molecule has 30 heavy (non-hydrogen) atoms. The second kappa shape index (κ2) is 7.40. The summed E-state index contributed by atoms with van der Waals surface area (Å²) in [6.45, 7) is 4.84. The minimum Gasteiger partial charge on any atom is -0.366 e. The van der Waals surface area contributed by atoms with E-state index in [0.717, 1.165) is 0 Å². The molecule has 0 radical (unpaired) electrons. The fraction of sp³-hybridized carbons (Fsp3) is 0.333. The predicted octanol–water partition coefficient (Wildman–Crippen LogP) is 1.87. The number of ketones is 1. The van der Waals surface area contributed by atoms with Crippen molar-refractivity contribution in [2.75, 3.05) is 31.1 Å². The van der Waals surface area contributed by atoms with E-state index in [1.165, 1.54) is 17.7 Å². The van der Waals surface area contributed by atoms with Crippen LogP contribution in [0, 0.1) is 12.7 Å². The van der Waals surface area contributed by atoms with Crippen LogP contribution >= 0.6 is 0 Å². The molecule has 2 aromatic heterocycles. The molecular formula is C21H22FN5O3. The van der Waals surface area contributed by atoms with Gasteiger partial charge in [-0.2, -0.15) is 0 Å². The molecule has 3 heterocycles. The average molecular weight is 411 g/mol. The lowest BCUT2D eigenvalue weighted by Crippen LogP contribution is -2.49. The van der Waals surface area contributed by atoms with Crippen LogP contribution in [0.5, 0.6) is 0 Å². The number of rotatable bonds is 3. The summed E-state index contributed by atoms with van der Waals surface area (Å²) >= 11 is 0. The van der Waals surface area contributed by atoms with Gasteiger partial charge in [-0.3, -0.25) is 24.2 Å². The molecule has 1 aliphatic heterocycles. The molecule has 0 aliphatic carbocycles. The Morgan fingerprint density at radius 3 is 2.47 bits per heavy atom. The molecule has 1 N–H and O–H groups in total. The Morgan fingerprint density at radius 2 is 1.83 bits per heavy atom. The second-order valence-corrected chi connectivity index (χ2v) is 7.51. The smallest absolute Gasteiger partial charge is 0.274 e. The Morgan fingerprint density at radius 1 is 1.13 bits per heavy atom. The number of aromatic amines is 1. The minimum absolute atomic E-state index is 0.189. The highest BCUT2D eigenvalue weighted by atomic mass is 19.1. The van der Waals surface area contributed by atoms with Crippen LogP contribution in [0.3, 0.4) is 0 Å². The molecule has 3 aromatic rings. The number of nitrogens with zero attached hydrogens (tertiary/aromatic N) is 4. The van der Waals surface area contributed by atoms with Crippen molar-refractivity contribution in [3.05, 3.63) is 57.3 Å². The summed E-state index contributed by atoms with van der Waals surface area (Å²) in [7, 11) is 1.68. The summed E-state index contributed by atoms with van der Waals surface area (Å²) in [5, 5.41) is 2.92. The normalized spacial score (nSPS) is 14.4. The van der Waals surface area contributed by atoms with Crippen molar-refractivity contribution < 1.29 is 14.0 Å². The van der Waals surface area contributed by atoms with E-state index in [0.29, 0.717) is 54.3 Å². The Bertz CT molecular complexity index is 1220. The van der Waals surface area contributed by atoms with E-state index < -0.39 is 5.82 Å². The number of halogens is 1. The van der Waals surface area contributed by atoms with Gasteiger partial charge in [0.1, 0.15) is 5.82 Å². The van der Waals surface area contributed by atoms with Crippen LogP contribution in [-0.2, 0) is 7.05 Å². The lowest BCUT2D eigenvalue weighted by Gasteiger charge is -2.36. The summed E-state index contributed by atoms with van der Waals surface area (Å²) < 4.78 is 16.0. The van der Waals surface area contributed by atoms with E-state index in [1.807, 2.05) is 4.90 Å². The number of fused-ring (bicyclic) bond motifs is 1. The van der Waals surface area contributed by atoms with Crippen LogP contribution in [0.2, 0.25) is 0 Å². The molecule has 0 bridgehead atoms. The lowest BCUT2D eigenvalue weighted by atomic mass is 10.1. The Balaban J connectivity index is 1.55. The van der Waals surface area contributed by atoms with Gasteiger partial charge < -0.3 is 9.80 Å². The maximum Gasteiger partial charge on any atom is 0.274 e. The number of aryl methyl sites for hydroxylation is 2. The molecule has 1 fully saturated rings. The van der Waals surface area contributed by atoms with Crippen molar-refractivity contribution in [3.8, 4) is 0 Å². The van der Waals surface area contributed by atoms with Gasteiger partial charge >= 0.3 is 0 Å². The molecule has 0 spiro atoms. The number of aromatic nitrogens is 3. The van der Waals surface area contributed by atoms with Gasteiger partial charge in [0.2, 0.25) is 0 Å². The van der Waals surface area contributed by atoms with Crippen molar-refractivity contribution in [2.24, 2.45) is 7.05 Å². The van der Waals surface area contributed by atoms with E-state index >= 15 is 0 Å². The van der Waals surface area contributed by atoms with Crippen LogP contribution in [0.15, 0.2) is 29.1 Å². The predicted molar refractivity (Wildman–Crippen MR) is 111 cm³/mol. The average Bonchev–Trinajstić information content (AvgIpc) is 3.00. The minimum atomic E-state index is -0.454. The van der Waals surface area contributed by atoms with Gasteiger partial charge in [-0.1, -0.05) is 0 Å². The third-order valence-electron chi connectivity index (χ3n) is 5.43. The van der Waals surface area contributed by atoms with Gasteiger partial charge in [0.15, 0.2) is 11.4 Å². The highest BCUT2D eigenvalue weighted by molar-refractivity contribution is 6.05. The number of pyridine rings is 1. The van der Waals surface area contributed by atoms with Crippen molar-refractivity contribution in [1.29, 1.82) is 0 Å². The van der Waals surface area contributed by atoms with Gasteiger partial charge in [0.25, 0.3) is 11.5 Å². The lowest BCUT2D eigenvalue weighted by molar-refractivity contribution is 0.0748. The fourth-order valence-corrected chi connectivity index (χ4v) is 3.86. The first-order chi connectivity index (χ1) is 14.3. The van der Waals surface area contributed by atoms with Gasteiger partial charge in [0.05, 0.1) is 16.6 Å². The molecule has 1 saturated heterocycles. The van der Waals surface area contributed by atoms with E-state index in [1.54, 1.807) is 37.1 Å². The first kappa shape index (κ1) is 19.8. The van der Waals surface area contributed by atoms with Crippen LogP contribution in [0.1, 0.15) is 33.3 Å². The number of hydrogen-bond acceptors (Lipinski definition) is 5. The number of anilines is 1. The number of carbonyl (C=O) groups excluding carboxylic acids is 2. The molecule has 8 nitrogen and oxygen atoms in total. The topological polar surface area (TPSA) is 91.3 Å². The zero-order chi connectivity index (χ0) is 21.6. The molecule has 156 valence electrons. The SMILES string of the molecule is CC(=O)c1ccc(N2CCN(C(=O)c3cc(C)nc4c3c(=O)[nH]n4C)CC2)c(F)c1. The van der Waals surface area contributed by atoms with E-state index in [9.17, 15) is 18.8 Å². The number of benzene rings is 1. The van der Waals surface area contributed by atoms with Gasteiger partial charge in [-0.25, -0.2) is 9.37 Å². The number of H-pyrrole nitrogens is 1. The third-order valence-corrected chi connectivity index (χ3v) is 5.43. The first-order valence-electron chi connectivity index (χ1n) is 9.67. The van der Waals surface area contributed by atoms with Crippen LogP contribution < -0.4 is 10.5 Å². The molecule has 1 aliphatic rings. The number of nitrogens with one attached hydrogen (secondary N) is 1. The second-order valence-electron chi connectivity index (χ2n) is 7.51. The van der Waals surface area contributed by atoms with Crippen molar-refractivity contribution in [1.82, 2.24) is 19.7 Å². The Hall–Kier alpha value is -3.49. The molecule has 1 aromatic carbocycles. The largest absolute Gasteiger partial charge is 0.366 e. The highest BCUT2D eigenvalue weighted by Crippen LogP contribution is 2.23. The molecule has 0 saturated carbocycles. The molecule has 0 atom stereocenters. The monoisotopic (exact) mass is 411 g/mol. The Labute approximate surface area is 171 Å². The summed E-state index contributed by atoms with van der Waals surface area (Å²) in [5.74, 6) is -0.885. The van der Waals surface area contributed by atoms with Gasteiger partial charge in [0, 0.05) is 44.5 Å². The van der Waals surface area contributed by atoms with Crippen LogP contribution in [-0.4, -0.2) is 57.5 Å². The number of hydrogen-bond donors (Lipinski definition) is 1. The van der Waals surface area contributed by atoms with Crippen LogP contribution in [0.25, 0.3) is 11.0 Å². The van der Waals surface area contributed by atoms with Crippen molar-refractivity contribution in [2.45, 2.75) is 13.8 Å². The summed E-state index contributed by atoms with van der Waals surface area (Å²) in [4.78, 5) is 44.8. The number of piperazine rings is 1. The molecule has 1 amide bonds. The maximum atomic E-state index is 14.5. The zero-order valence-electron chi connectivity index (χ0n) is 17.0. The van der Waals surface area contributed by atoms with Crippen LogP contribution in [0.4, 0.5) is 10.1 Å². The standard InChI is InChI=1S/C21H22FN5O3/c1-12-10-15(18-19(23-12)25(3)24-20(18)29)21(30)27-8-6-26(7-9-27)17-5-4-14(13(2)28)11-16(17)22/h4-5,10-11H,6-9H2,1-3H3,(H,24,29). The molecule has 4 rings (SSSR count). The first-order valence-corrected chi connectivity index (χ1v) is 9.67. The zero-order valence-corrected chi connectivity index (χ0v) is 17.0. The molecule has 9 heteroatoms. The van der Waals surface area contributed by atoms with E-state index in [2.05, 4.69) is 10.1 Å². The number of carbonyl (C=O) groups is 2. The molecular weight excluding hydrogens is 389 g/mol. The quantitative estimate of drug-likeness (QED) is 0.665. The third kappa shape index (κ3) is 3.36. The maximum absolute atomic E-state index is 14.5. The Kier molecular flexibility index (Phi) is 4.89. The highest BCUT2D eigenvalue weighted by Gasteiger charge is 2.27. The van der Waals surface area contributed by atoms with Crippen molar-refractivity contribution >= 4 is 28.4 Å². The molecule has 0 unspecified atom stereocenters. The van der Waals surface area contributed by atoms with Gasteiger partial charge in [-0.05, 0) is 38.1 Å². The summed E-state index contributed by atoms with van der Waals surface area (Å²) in [6, 6.07) is 6.08. The fourth-order valence-electron chi connectivity index (χ4n) is 3.86.